The van der Waals surface area contributed by atoms with Crippen LogP contribution in [0.1, 0.15) is 110 Å². The average molecular weight is 577 g/mol. The summed E-state index contributed by atoms with van der Waals surface area (Å²) in [5.41, 5.74) is 5.25. The van der Waals surface area contributed by atoms with E-state index in [9.17, 15) is 0 Å². The van der Waals surface area contributed by atoms with Crippen molar-refractivity contribution < 1.29 is 27.1 Å². The van der Waals surface area contributed by atoms with E-state index in [0.29, 0.717) is 11.8 Å². The number of nitrogens with zero attached hydrogens (tertiary/aromatic N) is 2. The molecular weight excluding hydrogens is 538 g/mol. The minimum absolute atomic E-state index is 0.194. The van der Waals surface area contributed by atoms with Gasteiger partial charge in [-0.25, -0.2) is 4.98 Å². The molecular formula is C27H39BCl2FeN2O3. The van der Waals surface area contributed by atoms with Crippen molar-refractivity contribution in [2.75, 3.05) is 0 Å². The molecule has 1 fully saturated rings. The SMILES string of the molecule is CC(=Nc1c(C(C)C)cccc1C(C)C)c1cccc(C(C)OB2OC(C)(C)C(C)(C)O2)n1.[Cl][Fe][Cl]. The summed E-state index contributed by atoms with van der Waals surface area (Å²) in [7, 11) is 8.80. The average Bonchev–Trinajstić information content (AvgIpc) is 2.99. The topological polar surface area (TPSA) is 52.9 Å². The predicted octanol–water partition coefficient (Wildman–Crippen LogP) is 8.51. The van der Waals surface area contributed by atoms with E-state index in [2.05, 4.69) is 45.9 Å². The first kappa shape index (κ1) is 31.3. The number of para-hydroxylation sites is 1. The first-order valence-electron chi connectivity index (χ1n) is 12.3. The fourth-order valence-corrected chi connectivity index (χ4v) is 3.83. The van der Waals surface area contributed by atoms with Gasteiger partial charge in [0.2, 0.25) is 0 Å². The van der Waals surface area contributed by atoms with Crippen molar-refractivity contribution in [3.8, 4) is 0 Å². The van der Waals surface area contributed by atoms with Gasteiger partial charge in [-0.1, -0.05) is 52.0 Å². The van der Waals surface area contributed by atoms with Gasteiger partial charge in [-0.3, -0.25) is 4.99 Å². The molecule has 1 aliphatic heterocycles. The molecule has 0 aliphatic carbocycles. The van der Waals surface area contributed by atoms with Gasteiger partial charge in [0.05, 0.1) is 40.1 Å². The van der Waals surface area contributed by atoms with Crippen LogP contribution in [-0.4, -0.2) is 29.2 Å². The standard InChI is InChI=1S/C27H39BN2O3.2ClH.Fe/c1-17(2)21-13-11-14-22(18(3)4)25(21)29-19(5)23-15-12-16-24(30-23)20(6)31-28-32-26(7,8)27(9,10)33-28;;;/h11-18,20H,1-10H3;2*1H;/q;;;+2/p-2. The number of rotatable bonds is 7. The molecule has 1 atom stereocenters. The molecule has 0 amide bonds. The zero-order chi connectivity index (χ0) is 27.3. The van der Waals surface area contributed by atoms with E-state index in [0.717, 1.165) is 22.8 Å². The Hall–Kier alpha value is -0.916. The number of pyridine rings is 1. The molecule has 0 radical (unpaired) electrons. The summed E-state index contributed by atoms with van der Waals surface area (Å²) in [6.07, 6.45) is -0.290. The molecule has 0 spiro atoms. The van der Waals surface area contributed by atoms with Crippen LogP contribution in [0.2, 0.25) is 0 Å². The van der Waals surface area contributed by atoms with Crippen LogP contribution in [-0.2, 0) is 27.1 Å². The van der Waals surface area contributed by atoms with Crippen LogP contribution in [0.25, 0.3) is 0 Å². The Morgan fingerprint density at radius 1 is 0.917 bits per heavy atom. The molecule has 9 heteroatoms. The zero-order valence-electron chi connectivity index (χ0n) is 23.0. The molecule has 36 heavy (non-hydrogen) atoms. The van der Waals surface area contributed by atoms with Crippen molar-refractivity contribution in [2.24, 2.45) is 4.99 Å². The number of hydrogen-bond donors (Lipinski definition) is 0. The molecule has 3 rings (SSSR count). The molecule has 200 valence electrons. The van der Waals surface area contributed by atoms with Crippen LogP contribution >= 0.6 is 20.2 Å². The van der Waals surface area contributed by atoms with Crippen molar-refractivity contribution in [1.82, 2.24) is 4.98 Å². The summed E-state index contributed by atoms with van der Waals surface area (Å²) < 4.78 is 18.1. The first-order valence-corrected chi connectivity index (χ1v) is 15.3. The van der Waals surface area contributed by atoms with Crippen LogP contribution in [0.5, 0.6) is 0 Å². The molecule has 1 aliphatic rings. The summed E-state index contributed by atoms with van der Waals surface area (Å²) in [4.78, 5) is 9.94. The maximum absolute atomic E-state index is 6.08. The van der Waals surface area contributed by atoms with E-state index < -0.39 is 18.5 Å². The maximum atomic E-state index is 6.08. The summed E-state index contributed by atoms with van der Waals surface area (Å²) >= 11 is 0.194. The Bertz CT molecular complexity index is 1010. The van der Waals surface area contributed by atoms with Crippen LogP contribution in [0.4, 0.5) is 5.69 Å². The molecule has 1 saturated heterocycles. The van der Waals surface area contributed by atoms with Crippen molar-refractivity contribution in [2.45, 2.75) is 98.4 Å². The van der Waals surface area contributed by atoms with Gasteiger partial charge in [0.25, 0.3) is 0 Å². The molecule has 0 N–H and O–H groups in total. The Balaban J connectivity index is 0.00000145. The van der Waals surface area contributed by atoms with Gasteiger partial charge in [-0.15, -0.1) is 0 Å². The van der Waals surface area contributed by atoms with E-state index in [4.69, 9.17) is 44.1 Å². The summed E-state index contributed by atoms with van der Waals surface area (Å²) in [6, 6.07) is 12.4. The van der Waals surface area contributed by atoms with Gasteiger partial charge in [0.1, 0.15) is 0 Å². The Labute approximate surface area is 232 Å². The third-order valence-electron chi connectivity index (χ3n) is 6.73. The molecule has 5 nitrogen and oxygen atoms in total. The predicted molar refractivity (Wildman–Crippen MR) is 148 cm³/mol. The van der Waals surface area contributed by atoms with Crippen molar-refractivity contribution in [3.05, 3.63) is 58.9 Å². The fourth-order valence-electron chi connectivity index (χ4n) is 3.83. The fraction of sp³-hybridized carbons (Fsp3) is 0.556. The Kier molecular flexibility index (Phi) is 11.5. The number of aliphatic imine (C=N–C) groups is 1. The number of benzene rings is 1. The van der Waals surface area contributed by atoms with Crippen LogP contribution in [0, 0.1) is 0 Å². The van der Waals surface area contributed by atoms with E-state index in [-0.39, 0.29) is 19.2 Å². The quantitative estimate of drug-likeness (QED) is 0.245. The van der Waals surface area contributed by atoms with Gasteiger partial charge in [0.15, 0.2) is 0 Å². The second kappa shape index (κ2) is 13.2. The Morgan fingerprint density at radius 3 is 1.86 bits per heavy atom. The van der Waals surface area contributed by atoms with Gasteiger partial charge in [0, 0.05) is 0 Å². The molecule has 1 aromatic carbocycles. The van der Waals surface area contributed by atoms with Crippen molar-refractivity contribution >= 4 is 38.9 Å². The normalized spacial score (nSPS) is 17.9. The van der Waals surface area contributed by atoms with Gasteiger partial charge in [-0.2, -0.15) is 0 Å². The van der Waals surface area contributed by atoms with Gasteiger partial charge >= 0.3 is 40.7 Å². The molecule has 0 saturated carbocycles. The van der Waals surface area contributed by atoms with Crippen molar-refractivity contribution in [1.29, 1.82) is 0 Å². The molecule has 1 aromatic heterocycles. The summed E-state index contributed by atoms with van der Waals surface area (Å²) in [6.45, 7) is 20.9. The monoisotopic (exact) mass is 576 g/mol. The van der Waals surface area contributed by atoms with Crippen LogP contribution in [0.15, 0.2) is 41.4 Å². The molecule has 2 heterocycles. The van der Waals surface area contributed by atoms with E-state index in [1.54, 1.807) is 0 Å². The second-order valence-electron chi connectivity index (χ2n) is 10.6. The summed E-state index contributed by atoms with van der Waals surface area (Å²) in [5, 5.41) is 0. The number of hydrogen-bond acceptors (Lipinski definition) is 5. The van der Waals surface area contributed by atoms with Crippen molar-refractivity contribution in [3.63, 3.8) is 0 Å². The minimum atomic E-state index is -0.725. The summed E-state index contributed by atoms with van der Waals surface area (Å²) in [5.74, 6) is 0.783. The molecule has 2 aromatic rings. The van der Waals surface area contributed by atoms with E-state index in [1.807, 2.05) is 59.7 Å². The van der Waals surface area contributed by atoms with E-state index in [1.165, 1.54) is 11.1 Å². The Morgan fingerprint density at radius 2 is 1.39 bits per heavy atom. The number of halogens is 2. The van der Waals surface area contributed by atoms with Gasteiger partial charge < -0.3 is 14.0 Å². The third kappa shape index (κ3) is 7.80. The second-order valence-corrected chi connectivity index (χ2v) is 12.4. The molecule has 1 unspecified atom stereocenters. The molecule has 0 bridgehead atoms. The zero-order valence-corrected chi connectivity index (χ0v) is 25.6. The van der Waals surface area contributed by atoms with Gasteiger partial charge in [-0.05, 0) is 76.6 Å². The first-order chi connectivity index (χ1) is 16.7. The third-order valence-corrected chi connectivity index (χ3v) is 6.73. The van der Waals surface area contributed by atoms with Crippen LogP contribution < -0.4 is 0 Å². The van der Waals surface area contributed by atoms with E-state index >= 15 is 0 Å². The van der Waals surface area contributed by atoms with Crippen LogP contribution in [0.3, 0.4) is 0 Å². The number of aromatic nitrogens is 1.